The van der Waals surface area contributed by atoms with Crippen LogP contribution in [-0.2, 0) is 4.74 Å². The monoisotopic (exact) mass is 400 g/mol. The summed E-state index contributed by atoms with van der Waals surface area (Å²) >= 11 is 0. The van der Waals surface area contributed by atoms with Crippen molar-refractivity contribution >= 4 is 5.91 Å². The molecule has 2 N–H and O–H groups in total. The molecule has 1 aromatic carbocycles. The maximum Gasteiger partial charge on any atom is 0.271 e. The number of morpholine rings is 1. The van der Waals surface area contributed by atoms with Gasteiger partial charge in [-0.3, -0.25) is 14.8 Å². The van der Waals surface area contributed by atoms with Gasteiger partial charge in [0.25, 0.3) is 5.91 Å². The molecule has 2 fully saturated rings. The summed E-state index contributed by atoms with van der Waals surface area (Å²) in [6.45, 7) is 3.45. The molecule has 1 aliphatic heterocycles. The number of rotatable bonds is 8. The van der Waals surface area contributed by atoms with Crippen molar-refractivity contribution in [3.63, 3.8) is 0 Å². The molecule has 2 aromatic rings. The van der Waals surface area contributed by atoms with Gasteiger partial charge >= 0.3 is 0 Å². The maximum absolute atomic E-state index is 12.7. The van der Waals surface area contributed by atoms with E-state index in [1.165, 1.54) is 12.8 Å². The third-order valence-electron chi connectivity index (χ3n) is 5.58. The number of nitrogens with zero attached hydrogens (tertiary/aromatic N) is 2. The molecule has 4 rings (SSSR count). The molecular formula is C21H28N4O4. The smallest absolute Gasteiger partial charge is 0.271 e. The number of amides is 1. The lowest BCUT2D eigenvalue weighted by molar-refractivity contribution is 0.0161. The molecule has 156 valence electrons. The van der Waals surface area contributed by atoms with Crippen LogP contribution in [0.4, 0.5) is 0 Å². The van der Waals surface area contributed by atoms with Crippen LogP contribution in [0.5, 0.6) is 11.5 Å². The summed E-state index contributed by atoms with van der Waals surface area (Å²) in [5, 5.41) is 10.2. The molecule has 1 amide bonds. The summed E-state index contributed by atoms with van der Waals surface area (Å²) in [4.78, 5) is 15.0. The van der Waals surface area contributed by atoms with E-state index in [1.54, 1.807) is 14.2 Å². The zero-order chi connectivity index (χ0) is 20.2. The second-order valence-corrected chi connectivity index (χ2v) is 7.47. The van der Waals surface area contributed by atoms with Crippen LogP contribution in [0.3, 0.4) is 0 Å². The first-order valence-electron chi connectivity index (χ1n) is 10.1. The van der Waals surface area contributed by atoms with E-state index >= 15 is 0 Å². The first-order chi connectivity index (χ1) is 14.2. The van der Waals surface area contributed by atoms with Gasteiger partial charge < -0.3 is 19.5 Å². The molecule has 2 heterocycles. The van der Waals surface area contributed by atoms with Gasteiger partial charge in [0.2, 0.25) is 0 Å². The van der Waals surface area contributed by atoms with Gasteiger partial charge in [-0.1, -0.05) is 6.07 Å². The van der Waals surface area contributed by atoms with Crippen LogP contribution in [-0.4, -0.2) is 68.1 Å². The zero-order valence-corrected chi connectivity index (χ0v) is 16.9. The number of ether oxygens (including phenoxy) is 3. The van der Waals surface area contributed by atoms with Gasteiger partial charge in [0.15, 0.2) is 11.5 Å². The SMILES string of the molecule is COc1ccc(C(CNC(=O)c2cc(C3CC3)[nH]n2)N2CCOCC2)cc1OC. The minimum absolute atomic E-state index is 0.00417. The van der Waals surface area contributed by atoms with E-state index in [9.17, 15) is 4.79 Å². The topological polar surface area (TPSA) is 88.7 Å². The number of methoxy groups -OCH3 is 2. The lowest BCUT2D eigenvalue weighted by Gasteiger charge is -2.35. The van der Waals surface area contributed by atoms with Gasteiger partial charge in [0, 0.05) is 31.2 Å². The Balaban J connectivity index is 1.50. The highest BCUT2D eigenvalue weighted by molar-refractivity contribution is 5.92. The average molecular weight is 400 g/mol. The van der Waals surface area contributed by atoms with Crippen LogP contribution in [0.15, 0.2) is 24.3 Å². The highest BCUT2D eigenvalue weighted by atomic mass is 16.5. The Morgan fingerprint density at radius 2 is 2.00 bits per heavy atom. The molecule has 29 heavy (non-hydrogen) atoms. The molecule has 8 nitrogen and oxygen atoms in total. The predicted molar refractivity (Wildman–Crippen MR) is 108 cm³/mol. The Labute approximate surface area is 170 Å². The molecule has 2 aliphatic rings. The van der Waals surface area contributed by atoms with Crippen molar-refractivity contribution in [3.05, 3.63) is 41.2 Å². The zero-order valence-electron chi connectivity index (χ0n) is 16.9. The van der Waals surface area contributed by atoms with Crippen molar-refractivity contribution in [1.82, 2.24) is 20.4 Å². The number of hydrogen-bond acceptors (Lipinski definition) is 6. The van der Waals surface area contributed by atoms with Crippen LogP contribution in [0, 0.1) is 0 Å². The van der Waals surface area contributed by atoms with Gasteiger partial charge in [0.1, 0.15) is 5.69 Å². The maximum atomic E-state index is 12.7. The van der Waals surface area contributed by atoms with E-state index in [0.29, 0.717) is 42.9 Å². The van der Waals surface area contributed by atoms with Crippen molar-refractivity contribution < 1.29 is 19.0 Å². The fourth-order valence-electron chi connectivity index (χ4n) is 3.74. The Morgan fingerprint density at radius 1 is 1.24 bits per heavy atom. The summed E-state index contributed by atoms with van der Waals surface area (Å²) in [5.41, 5.74) is 2.56. The van der Waals surface area contributed by atoms with Crippen LogP contribution < -0.4 is 14.8 Å². The van der Waals surface area contributed by atoms with E-state index in [0.717, 1.165) is 24.3 Å². The van der Waals surface area contributed by atoms with Crippen LogP contribution in [0.1, 0.15) is 46.5 Å². The second-order valence-electron chi connectivity index (χ2n) is 7.47. The molecule has 1 saturated heterocycles. The summed E-state index contributed by atoms with van der Waals surface area (Å²) in [7, 11) is 3.25. The van der Waals surface area contributed by atoms with Crippen molar-refractivity contribution in [2.45, 2.75) is 24.8 Å². The quantitative estimate of drug-likeness (QED) is 0.706. The normalized spacial score (nSPS) is 18.3. The Bertz CT molecular complexity index is 843. The van der Waals surface area contributed by atoms with Crippen molar-refractivity contribution in [2.75, 3.05) is 47.1 Å². The van der Waals surface area contributed by atoms with E-state index < -0.39 is 0 Å². The van der Waals surface area contributed by atoms with Crippen LogP contribution >= 0.6 is 0 Å². The fourth-order valence-corrected chi connectivity index (χ4v) is 3.74. The van der Waals surface area contributed by atoms with Crippen LogP contribution in [0.25, 0.3) is 0 Å². The third-order valence-corrected chi connectivity index (χ3v) is 5.58. The number of hydrogen-bond donors (Lipinski definition) is 2. The fraction of sp³-hybridized carbons (Fsp3) is 0.524. The summed E-state index contributed by atoms with van der Waals surface area (Å²) < 4.78 is 16.3. The number of carbonyl (C=O) groups excluding carboxylic acids is 1. The lowest BCUT2D eigenvalue weighted by Crippen LogP contribution is -2.43. The average Bonchev–Trinajstić information content (AvgIpc) is 3.50. The van der Waals surface area contributed by atoms with E-state index in [-0.39, 0.29) is 11.9 Å². The molecule has 8 heteroatoms. The Morgan fingerprint density at radius 3 is 2.69 bits per heavy atom. The molecule has 0 radical (unpaired) electrons. The molecule has 1 atom stereocenters. The first-order valence-corrected chi connectivity index (χ1v) is 10.1. The standard InChI is InChI=1S/C21H28N4O4/c1-27-19-6-5-15(11-20(19)28-2)18(25-7-9-29-10-8-25)13-22-21(26)17-12-16(23-24-17)14-3-4-14/h5-6,11-12,14,18H,3-4,7-10,13H2,1-2H3,(H,22,26)(H,23,24). The highest BCUT2D eigenvalue weighted by Gasteiger charge is 2.28. The molecule has 1 aromatic heterocycles. The second kappa shape index (κ2) is 8.84. The van der Waals surface area contributed by atoms with E-state index in [1.807, 2.05) is 24.3 Å². The highest BCUT2D eigenvalue weighted by Crippen LogP contribution is 2.39. The van der Waals surface area contributed by atoms with Gasteiger partial charge in [-0.15, -0.1) is 0 Å². The van der Waals surface area contributed by atoms with E-state index in [4.69, 9.17) is 14.2 Å². The molecule has 0 bridgehead atoms. The van der Waals surface area contributed by atoms with Crippen molar-refractivity contribution in [1.29, 1.82) is 0 Å². The molecule has 1 unspecified atom stereocenters. The van der Waals surface area contributed by atoms with E-state index in [2.05, 4.69) is 20.4 Å². The molecule has 1 aliphatic carbocycles. The number of nitrogens with one attached hydrogen (secondary N) is 2. The van der Waals surface area contributed by atoms with Crippen molar-refractivity contribution in [3.8, 4) is 11.5 Å². The molecule has 0 spiro atoms. The minimum Gasteiger partial charge on any atom is -0.493 e. The predicted octanol–water partition coefficient (Wildman–Crippen LogP) is 2.11. The summed E-state index contributed by atoms with van der Waals surface area (Å²) in [6.07, 6.45) is 2.34. The van der Waals surface area contributed by atoms with Crippen LogP contribution in [0.2, 0.25) is 0 Å². The minimum atomic E-state index is -0.160. The van der Waals surface area contributed by atoms with Gasteiger partial charge in [0.05, 0.1) is 33.5 Å². The number of H-pyrrole nitrogens is 1. The Hall–Kier alpha value is -2.58. The summed E-state index contributed by atoms with van der Waals surface area (Å²) in [5.74, 6) is 1.74. The van der Waals surface area contributed by atoms with Gasteiger partial charge in [-0.25, -0.2) is 0 Å². The molecular weight excluding hydrogens is 372 g/mol. The number of carbonyl (C=O) groups is 1. The number of benzene rings is 1. The third kappa shape index (κ3) is 4.54. The number of aromatic nitrogens is 2. The molecule has 1 saturated carbocycles. The Kier molecular flexibility index (Phi) is 6.01. The summed E-state index contributed by atoms with van der Waals surface area (Å²) in [6, 6.07) is 7.77. The number of aromatic amines is 1. The van der Waals surface area contributed by atoms with Crippen molar-refractivity contribution in [2.24, 2.45) is 0 Å². The first kappa shape index (κ1) is 19.7. The lowest BCUT2D eigenvalue weighted by atomic mass is 10.0. The van der Waals surface area contributed by atoms with Gasteiger partial charge in [-0.05, 0) is 36.6 Å². The largest absolute Gasteiger partial charge is 0.493 e. The van der Waals surface area contributed by atoms with Gasteiger partial charge in [-0.2, -0.15) is 5.10 Å².